The van der Waals surface area contributed by atoms with E-state index in [-0.39, 0.29) is 5.82 Å². The Morgan fingerprint density at radius 1 is 1.25 bits per heavy atom. The molecule has 0 aliphatic heterocycles. The van der Waals surface area contributed by atoms with Gasteiger partial charge in [0, 0.05) is 24.8 Å². The second-order valence-corrected chi connectivity index (χ2v) is 5.81. The second kappa shape index (κ2) is 6.33. The predicted molar refractivity (Wildman–Crippen MR) is 88.5 cm³/mol. The number of hydrogen-bond acceptors (Lipinski definition) is 2. The maximum absolute atomic E-state index is 13.2. The lowest BCUT2D eigenvalue weighted by molar-refractivity contribution is 0.620. The first kappa shape index (κ1) is 14.9. The van der Waals surface area contributed by atoms with Gasteiger partial charge in [0.05, 0.1) is 4.47 Å². The summed E-state index contributed by atoms with van der Waals surface area (Å²) in [6.07, 6.45) is 0. The average molecular weight is 353 g/mol. The van der Waals surface area contributed by atoms with Crippen LogP contribution >= 0.6 is 28.1 Å². The Kier molecular flexibility index (Phi) is 4.73. The molecule has 0 aromatic heterocycles. The number of anilines is 1. The van der Waals surface area contributed by atoms with Gasteiger partial charge < -0.3 is 10.6 Å². The van der Waals surface area contributed by atoms with E-state index < -0.39 is 0 Å². The van der Waals surface area contributed by atoms with Crippen LogP contribution in [0.4, 0.5) is 10.1 Å². The van der Waals surface area contributed by atoms with Gasteiger partial charge in [0.25, 0.3) is 0 Å². The monoisotopic (exact) mass is 352 g/mol. The maximum Gasteiger partial charge on any atom is 0.137 e. The number of thiocarbonyl (C=S) groups is 1. The minimum Gasteiger partial charge on any atom is -0.389 e. The van der Waals surface area contributed by atoms with Crippen LogP contribution in [0.5, 0.6) is 0 Å². The maximum atomic E-state index is 13.2. The number of rotatable bonds is 4. The van der Waals surface area contributed by atoms with Crippen LogP contribution in [0.3, 0.4) is 0 Å². The molecule has 2 aromatic carbocycles. The van der Waals surface area contributed by atoms with E-state index in [9.17, 15) is 4.39 Å². The Labute approximate surface area is 131 Å². The summed E-state index contributed by atoms with van der Waals surface area (Å²) in [6.45, 7) is 0.686. The Hall–Kier alpha value is -1.46. The molecule has 0 aliphatic carbocycles. The van der Waals surface area contributed by atoms with Gasteiger partial charge in [-0.3, -0.25) is 0 Å². The largest absolute Gasteiger partial charge is 0.389 e. The van der Waals surface area contributed by atoms with Crippen molar-refractivity contribution in [2.45, 2.75) is 6.54 Å². The third kappa shape index (κ3) is 3.55. The highest BCUT2D eigenvalue weighted by molar-refractivity contribution is 9.10. The molecule has 0 spiro atoms. The minimum atomic E-state index is -0.253. The van der Waals surface area contributed by atoms with Gasteiger partial charge >= 0.3 is 0 Å². The zero-order valence-electron chi connectivity index (χ0n) is 10.9. The van der Waals surface area contributed by atoms with Crippen LogP contribution < -0.4 is 10.6 Å². The first-order valence-electron chi connectivity index (χ1n) is 6.02. The van der Waals surface area contributed by atoms with Gasteiger partial charge in [0.2, 0.25) is 0 Å². The van der Waals surface area contributed by atoms with E-state index >= 15 is 0 Å². The van der Waals surface area contributed by atoms with Crippen molar-refractivity contribution in [1.82, 2.24) is 0 Å². The Morgan fingerprint density at radius 2 is 1.90 bits per heavy atom. The molecule has 2 aromatic rings. The third-order valence-corrected chi connectivity index (χ3v) is 3.84. The van der Waals surface area contributed by atoms with Crippen molar-refractivity contribution in [3.8, 4) is 0 Å². The lowest BCUT2D eigenvalue weighted by Crippen LogP contribution is -2.17. The van der Waals surface area contributed by atoms with Crippen molar-refractivity contribution in [2.75, 3.05) is 11.9 Å². The van der Waals surface area contributed by atoms with Crippen LogP contribution in [0.25, 0.3) is 0 Å². The van der Waals surface area contributed by atoms with Gasteiger partial charge in [-0.15, -0.1) is 0 Å². The van der Waals surface area contributed by atoms with Crippen LogP contribution in [0.1, 0.15) is 11.1 Å². The smallest absolute Gasteiger partial charge is 0.137 e. The van der Waals surface area contributed by atoms with E-state index in [1.165, 1.54) is 6.07 Å². The van der Waals surface area contributed by atoms with Gasteiger partial charge in [0.1, 0.15) is 10.8 Å². The predicted octanol–water partition coefficient (Wildman–Crippen LogP) is 3.86. The van der Waals surface area contributed by atoms with Crippen molar-refractivity contribution >= 4 is 38.8 Å². The molecule has 0 aliphatic rings. The van der Waals surface area contributed by atoms with Gasteiger partial charge in [-0.25, -0.2) is 4.39 Å². The highest BCUT2D eigenvalue weighted by Crippen LogP contribution is 2.20. The molecule has 2 nitrogen and oxygen atoms in total. The molecule has 0 amide bonds. The van der Waals surface area contributed by atoms with Crippen LogP contribution in [0, 0.1) is 5.82 Å². The SMILES string of the molecule is CN(Cc1ccc(F)c(Br)c1)c1ccc(C(N)=S)cc1. The summed E-state index contributed by atoms with van der Waals surface area (Å²) in [4.78, 5) is 2.46. The Bertz CT molecular complexity index is 628. The van der Waals surface area contributed by atoms with E-state index in [1.54, 1.807) is 12.1 Å². The van der Waals surface area contributed by atoms with Crippen molar-refractivity contribution < 1.29 is 4.39 Å². The summed E-state index contributed by atoms with van der Waals surface area (Å²) < 4.78 is 13.7. The fourth-order valence-corrected chi connectivity index (χ4v) is 2.45. The zero-order chi connectivity index (χ0) is 14.7. The molecule has 20 heavy (non-hydrogen) atoms. The van der Waals surface area contributed by atoms with E-state index in [0.29, 0.717) is 16.0 Å². The topological polar surface area (TPSA) is 29.3 Å². The molecule has 0 atom stereocenters. The highest BCUT2D eigenvalue weighted by Gasteiger charge is 2.05. The van der Waals surface area contributed by atoms with Gasteiger partial charge in [-0.1, -0.05) is 18.3 Å². The molecule has 0 saturated carbocycles. The first-order chi connectivity index (χ1) is 9.47. The van der Waals surface area contributed by atoms with Crippen molar-refractivity contribution in [3.63, 3.8) is 0 Å². The summed E-state index contributed by atoms with van der Waals surface area (Å²) in [5.41, 5.74) is 8.49. The molecule has 104 valence electrons. The van der Waals surface area contributed by atoms with Gasteiger partial charge in [-0.05, 0) is 57.9 Å². The fourth-order valence-electron chi connectivity index (χ4n) is 1.88. The van der Waals surface area contributed by atoms with E-state index in [1.807, 2.05) is 31.3 Å². The molecule has 2 rings (SSSR count). The fraction of sp³-hybridized carbons (Fsp3) is 0.133. The third-order valence-electron chi connectivity index (χ3n) is 3.00. The van der Waals surface area contributed by atoms with E-state index in [0.717, 1.165) is 16.8 Å². The molecule has 5 heteroatoms. The van der Waals surface area contributed by atoms with Crippen molar-refractivity contribution in [2.24, 2.45) is 5.73 Å². The molecule has 0 unspecified atom stereocenters. The standard InChI is InChI=1S/C15H14BrFN2S/c1-19(9-10-2-7-14(17)13(16)8-10)12-5-3-11(4-6-12)15(18)20/h2-8H,9H2,1H3,(H2,18,20). The number of benzene rings is 2. The number of hydrogen-bond donors (Lipinski definition) is 1. The molecule has 0 radical (unpaired) electrons. The molecular formula is C15H14BrFN2S. The number of nitrogens with zero attached hydrogens (tertiary/aromatic N) is 1. The lowest BCUT2D eigenvalue weighted by atomic mass is 10.1. The summed E-state index contributed by atoms with van der Waals surface area (Å²) >= 11 is 8.12. The molecule has 0 bridgehead atoms. The van der Waals surface area contributed by atoms with E-state index in [2.05, 4.69) is 20.8 Å². The normalized spacial score (nSPS) is 10.3. The van der Waals surface area contributed by atoms with Crippen LogP contribution in [0.2, 0.25) is 0 Å². The van der Waals surface area contributed by atoms with Crippen molar-refractivity contribution in [3.05, 3.63) is 63.9 Å². The number of nitrogens with two attached hydrogens (primary N) is 1. The molecule has 0 fully saturated rings. The van der Waals surface area contributed by atoms with Crippen LogP contribution in [0.15, 0.2) is 46.9 Å². The Morgan fingerprint density at radius 3 is 2.45 bits per heavy atom. The second-order valence-electron chi connectivity index (χ2n) is 4.52. The highest BCUT2D eigenvalue weighted by atomic mass is 79.9. The molecule has 2 N–H and O–H groups in total. The quantitative estimate of drug-likeness (QED) is 0.847. The molecular weight excluding hydrogens is 339 g/mol. The summed E-state index contributed by atoms with van der Waals surface area (Å²) in [5.74, 6) is -0.253. The van der Waals surface area contributed by atoms with Gasteiger partial charge in [-0.2, -0.15) is 0 Å². The lowest BCUT2D eigenvalue weighted by Gasteiger charge is -2.20. The van der Waals surface area contributed by atoms with Crippen molar-refractivity contribution in [1.29, 1.82) is 0 Å². The summed E-state index contributed by atoms with van der Waals surface area (Å²) in [5, 5.41) is 0. The zero-order valence-corrected chi connectivity index (χ0v) is 13.3. The summed E-state index contributed by atoms with van der Waals surface area (Å²) in [6, 6.07) is 12.8. The summed E-state index contributed by atoms with van der Waals surface area (Å²) in [7, 11) is 1.98. The average Bonchev–Trinajstić information content (AvgIpc) is 2.43. The number of halogens is 2. The van der Waals surface area contributed by atoms with E-state index in [4.69, 9.17) is 18.0 Å². The Balaban J connectivity index is 2.12. The van der Waals surface area contributed by atoms with Crippen LogP contribution in [-0.4, -0.2) is 12.0 Å². The molecule has 0 saturated heterocycles. The first-order valence-corrected chi connectivity index (χ1v) is 7.22. The van der Waals surface area contributed by atoms with Crippen LogP contribution in [-0.2, 0) is 6.54 Å². The van der Waals surface area contributed by atoms with Gasteiger partial charge in [0.15, 0.2) is 0 Å². The minimum absolute atomic E-state index is 0.253. The molecule has 0 heterocycles.